The smallest absolute Gasteiger partial charge is 0.167 e. The molecule has 0 radical (unpaired) electrons. The van der Waals surface area contributed by atoms with E-state index in [1.54, 1.807) is 23.5 Å². The first-order valence-electron chi connectivity index (χ1n) is 16.9. The molecule has 0 aliphatic heterocycles. The summed E-state index contributed by atoms with van der Waals surface area (Å²) in [4.78, 5) is 9.05. The molecule has 0 spiro atoms. The minimum absolute atomic E-state index is 0.175. The summed E-state index contributed by atoms with van der Waals surface area (Å²) in [6, 6.07) is 3.72. The van der Waals surface area contributed by atoms with Crippen LogP contribution in [0.5, 0.6) is 34.5 Å². The minimum Gasteiger partial charge on any atom is -0.507 e. The fourth-order valence-corrected chi connectivity index (χ4v) is 7.81. The van der Waals surface area contributed by atoms with Gasteiger partial charge in [-0.05, 0) is 65.5 Å². The van der Waals surface area contributed by atoms with Gasteiger partial charge >= 0.3 is 0 Å². The first kappa shape index (κ1) is 38.0. The van der Waals surface area contributed by atoms with Crippen molar-refractivity contribution in [2.45, 2.75) is 73.6 Å². The number of thioether (sulfide) groups is 2. The SMILES string of the molecule is CCCSCCN=Cc1c(O)c(O)c(C(C)C)c2cc(C)c(-c3c(C)cc4c(C(C)C)c(O)c(O)c(C=NCCSCC)c4c3O)c(O)c12. The number of aromatic hydroxyl groups is 6. The second kappa shape index (κ2) is 16.3. The van der Waals surface area contributed by atoms with E-state index in [9.17, 15) is 30.6 Å². The Hall–Kier alpha value is -3.76. The summed E-state index contributed by atoms with van der Waals surface area (Å²) >= 11 is 3.52. The van der Waals surface area contributed by atoms with Gasteiger partial charge in [0.25, 0.3) is 0 Å². The number of hydrogen-bond donors (Lipinski definition) is 6. The Labute approximate surface area is 298 Å². The predicted molar refractivity (Wildman–Crippen MR) is 210 cm³/mol. The van der Waals surface area contributed by atoms with Gasteiger partial charge in [0.15, 0.2) is 23.0 Å². The lowest BCUT2D eigenvalue weighted by Crippen LogP contribution is -2.01. The first-order valence-corrected chi connectivity index (χ1v) is 19.2. The van der Waals surface area contributed by atoms with Gasteiger partial charge in [0, 0.05) is 81.2 Å². The highest BCUT2D eigenvalue weighted by Gasteiger charge is 2.29. The van der Waals surface area contributed by atoms with Gasteiger partial charge < -0.3 is 30.6 Å². The van der Waals surface area contributed by atoms with Gasteiger partial charge in [0.2, 0.25) is 0 Å². The number of phenolic OH excluding ortho intramolecular Hbond substituents is 6. The molecular weight excluding hydrogens is 657 g/mol. The van der Waals surface area contributed by atoms with Crippen LogP contribution >= 0.6 is 23.5 Å². The Kier molecular flexibility index (Phi) is 12.7. The molecule has 0 amide bonds. The molecule has 264 valence electrons. The second-order valence-corrected chi connectivity index (χ2v) is 15.5. The van der Waals surface area contributed by atoms with E-state index < -0.39 is 0 Å². The van der Waals surface area contributed by atoms with Gasteiger partial charge in [-0.3, -0.25) is 9.98 Å². The standard InChI is InChI=1S/C39H50N2O6S2/c1-9-13-49-15-12-41-19-27-33-25(29(21(5)6)39(47)35(27)43)17-23(8)31(37(33)45)30-22(7)16-24-28(20(3)4)38(46)34(42)26(32(24)36(30)44)18-40-11-14-48-10-2/h16-21,42-47H,9-15H2,1-8H3. The second-order valence-electron chi connectivity index (χ2n) is 12.9. The molecule has 0 bridgehead atoms. The molecule has 0 fully saturated rings. The average Bonchev–Trinajstić information content (AvgIpc) is 3.03. The Morgan fingerprint density at radius 3 is 1.37 bits per heavy atom. The molecule has 8 nitrogen and oxygen atoms in total. The van der Waals surface area contributed by atoms with E-state index in [0.717, 1.165) is 29.4 Å². The van der Waals surface area contributed by atoms with Crippen LogP contribution < -0.4 is 0 Å². The van der Waals surface area contributed by atoms with Crippen molar-refractivity contribution in [1.82, 2.24) is 0 Å². The molecule has 6 N–H and O–H groups in total. The van der Waals surface area contributed by atoms with Gasteiger partial charge in [-0.2, -0.15) is 23.5 Å². The molecule has 49 heavy (non-hydrogen) atoms. The lowest BCUT2D eigenvalue weighted by atomic mass is 9.83. The van der Waals surface area contributed by atoms with Crippen LogP contribution in [0.15, 0.2) is 22.1 Å². The zero-order chi connectivity index (χ0) is 36.2. The Bertz CT molecular complexity index is 1920. The topological polar surface area (TPSA) is 146 Å². The van der Waals surface area contributed by atoms with Crippen LogP contribution in [0.2, 0.25) is 0 Å². The van der Waals surface area contributed by atoms with Crippen molar-refractivity contribution in [2.24, 2.45) is 9.98 Å². The third-order valence-corrected chi connectivity index (χ3v) is 10.8. The maximum absolute atomic E-state index is 12.2. The van der Waals surface area contributed by atoms with Crippen molar-refractivity contribution >= 4 is 57.5 Å². The van der Waals surface area contributed by atoms with Crippen molar-refractivity contribution < 1.29 is 30.6 Å². The summed E-state index contributed by atoms with van der Waals surface area (Å²) < 4.78 is 0. The van der Waals surface area contributed by atoms with Crippen molar-refractivity contribution in [3.63, 3.8) is 0 Å². The van der Waals surface area contributed by atoms with E-state index in [1.165, 1.54) is 12.4 Å². The van der Waals surface area contributed by atoms with E-state index >= 15 is 0 Å². The van der Waals surface area contributed by atoms with Gasteiger partial charge in [0.05, 0.1) is 0 Å². The monoisotopic (exact) mass is 706 g/mol. The summed E-state index contributed by atoms with van der Waals surface area (Å²) in [6.45, 7) is 16.5. The molecule has 0 atom stereocenters. The van der Waals surface area contributed by atoms with Gasteiger partial charge in [-0.25, -0.2) is 0 Å². The zero-order valence-electron chi connectivity index (χ0n) is 29.8. The maximum Gasteiger partial charge on any atom is 0.167 e. The maximum atomic E-state index is 12.2. The van der Waals surface area contributed by atoms with Crippen LogP contribution in [0.25, 0.3) is 32.7 Å². The van der Waals surface area contributed by atoms with Gasteiger partial charge in [-0.1, -0.05) is 53.7 Å². The molecule has 4 aromatic rings. The van der Waals surface area contributed by atoms with Crippen LogP contribution in [-0.4, -0.2) is 79.2 Å². The minimum atomic E-state index is -0.370. The molecule has 0 saturated carbocycles. The lowest BCUT2D eigenvalue weighted by molar-refractivity contribution is 0.398. The van der Waals surface area contributed by atoms with Crippen LogP contribution in [0.4, 0.5) is 0 Å². The highest BCUT2D eigenvalue weighted by molar-refractivity contribution is 7.99. The molecule has 0 saturated heterocycles. The molecule has 4 rings (SSSR count). The van der Waals surface area contributed by atoms with Crippen molar-refractivity contribution in [2.75, 3.05) is 36.1 Å². The molecule has 0 aromatic heterocycles. The first-order chi connectivity index (χ1) is 23.3. The molecule has 0 unspecified atom stereocenters. The normalized spacial score (nSPS) is 12.3. The molecule has 4 aromatic carbocycles. The highest BCUT2D eigenvalue weighted by Crippen LogP contribution is 2.54. The Balaban J connectivity index is 2.10. The third-order valence-electron chi connectivity index (χ3n) is 8.71. The molecule has 0 aliphatic rings. The molecule has 10 heteroatoms. The number of aryl methyl sites for hydroxylation is 2. The number of hydrogen-bond acceptors (Lipinski definition) is 10. The third kappa shape index (κ3) is 7.41. The van der Waals surface area contributed by atoms with E-state index in [2.05, 4.69) is 23.8 Å². The van der Waals surface area contributed by atoms with Crippen molar-refractivity contribution in [3.8, 4) is 45.6 Å². The van der Waals surface area contributed by atoms with E-state index in [0.29, 0.717) is 68.0 Å². The number of nitrogens with zero attached hydrogens (tertiary/aromatic N) is 2. The zero-order valence-corrected chi connectivity index (χ0v) is 31.4. The molecule has 0 aliphatic carbocycles. The van der Waals surface area contributed by atoms with Crippen LogP contribution in [0.3, 0.4) is 0 Å². The summed E-state index contributed by atoms with van der Waals surface area (Å²) in [5.41, 5.74) is 3.32. The van der Waals surface area contributed by atoms with Gasteiger partial charge in [-0.15, -0.1) is 0 Å². The average molecular weight is 707 g/mol. The van der Waals surface area contributed by atoms with Crippen LogP contribution in [0.1, 0.15) is 93.2 Å². The number of rotatable bonds is 14. The summed E-state index contributed by atoms with van der Waals surface area (Å²) in [5, 5.41) is 71.1. The highest BCUT2D eigenvalue weighted by atomic mass is 32.2. The van der Waals surface area contributed by atoms with E-state index in [1.807, 2.05) is 53.7 Å². The summed E-state index contributed by atoms with van der Waals surface area (Å²) in [6.07, 6.45) is 4.06. The summed E-state index contributed by atoms with van der Waals surface area (Å²) in [7, 11) is 0. The lowest BCUT2D eigenvalue weighted by Gasteiger charge is -2.23. The molecular formula is C39H50N2O6S2. The summed E-state index contributed by atoms with van der Waals surface area (Å²) in [5.74, 6) is 1.58. The van der Waals surface area contributed by atoms with Crippen molar-refractivity contribution in [3.05, 3.63) is 45.5 Å². The fourth-order valence-electron chi connectivity index (χ4n) is 6.56. The number of phenols is 6. The van der Waals surface area contributed by atoms with Gasteiger partial charge in [0.1, 0.15) is 11.5 Å². The van der Waals surface area contributed by atoms with E-state index in [4.69, 9.17) is 0 Å². The fraction of sp³-hybridized carbons (Fsp3) is 0.436. The Morgan fingerprint density at radius 2 is 1.00 bits per heavy atom. The molecule has 0 heterocycles. The number of fused-ring (bicyclic) bond motifs is 2. The van der Waals surface area contributed by atoms with Crippen molar-refractivity contribution in [1.29, 1.82) is 0 Å². The quantitative estimate of drug-likeness (QED) is 0.0432. The van der Waals surface area contributed by atoms with Crippen LogP contribution in [0, 0.1) is 13.8 Å². The predicted octanol–water partition coefficient (Wildman–Crippen LogP) is 9.49. The van der Waals surface area contributed by atoms with E-state index in [-0.39, 0.29) is 57.5 Å². The van der Waals surface area contributed by atoms with Crippen LogP contribution in [-0.2, 0) is 0 Å². The Morgan fingerprint density at radius 1 is 0.592 bits per heavy atom. The number of benzene rings is 4. The number of aliphatic imine (C=N–C) groups is 2. The largest absolute Gasteiger partial charge is 0.507 e.